The van der Waals surface area contributed by atoms with Crippen molar-refractivity contribution in [2.45, 2.75) is 32.4 Å². The third-order valence-corrected chi connectivity index (χ3v) is 3.25. The standard InChI is InChI=1S/C13H24N4O3/c1-13(2,3)20-12(19)16-5-6-17-10(9-16)8-15-11(17)14-4-7-18/h10,18H,4-9H2,1-3H3,(H,14,15). The van der Waals surface area contributed by atoms with E-state index >= 15 is 0 Å². The molecule has 1 amide bonds. The molecule has 2 N–H and O–H groups in total. The molecule has 0 aromatic carbocycles. The van der Waals surface area contributed by atoms with Crippen molar-refractivity contribution in [2.24, 2.45) is 4.99 Å². The number of amides is 1. The van der Waals surface area contributed by atoms with Crippen molar-refractivity contribution in [1.29, 1.82) is 0 Å². The molecule has 0 aliphatic carbocycles. The summed E-state index contributed by atoms with van der Waals surface area (Å²) in [5.74, 6) is 0.827. The quantitative estimate of drug-likeness (QED) is 0.738. The molecule has 0 aromatic heterocycles. The van der Waals surface area contributed by atoms with Crippen molar-refractivity contribution >= 4 is 12.1 Å². The van der Waals surface area contributed by atoms with Gasteiger partial charge in [-0.2, -0.15) is 0 Å². The second kappa shape index (κ2) is 5.87. The molecule has 0 aromatic rings. The van der Waals surface area contributed by atoms with Crippen molar-refractivity contribution < 1.29 is 14.6 Å². The van der Waals surface area contributed by atoms with Crippen molar-refractivity contribution in [3.05, 3.63) is 0 Å². The molecular formula is C13H24N4O3. The predicted molar refractivity (Wildman–Crippen MR) is 75.7 cm³/mol. The summed E-state index contributed by atoms with van der Waals surface area (Å²) in [7, 11) is 0. The van der Waals surface area contributed by atoms with Gasteiger partial charge in [-0.3, -0.25) is 4.99 Å². The van der Waals surface area contributed by atoms with Crippen LogP contribution in [0.1, 0.15) is 20.8 Å². The zero-order chi connectivity index (χ0) is 14.8. The topological polar surface area (TPSA) is 77.4 Å². The Bertz CT molecular complexity index is 392. The van der Waals surface area contributed by atoms with E-state index in [0.29, 0.717) is 26.2 Å². The van der Waals surface area contributed by atoms with E-state index in [0.717, 1.165) is 12.5 Å². The minimum absolute atomic E-state index is 0.0849. The number of carbonyl (C=O) groups excluding carboxylic acids is 1. The summed E-state index contributed by atoms with van der Waals surface area (Å²) in [4.78, 5) is 20.4. The minimum Gasteiger partial charge on any atom is -0.444 e. The number of aliphatic hydroxyl groups excluding tert-OH is 1. The van der Waals surface area contributed by atoms with Gasteiger partial charge in [0.15, 0.2) is 5.96 Å². The van der Waals surface area contributed by atoms with Gasteiger partial charge in [-0.25, -0.2) is 4.79 Å². The molecule has 1 saturated heterocycles. The van der Waals surface area contributed by atoms with Crippen LogP contribution in [0.25, 0.3) is 0 Å². The van der Waals surface area contributed by atoms with Gasteiger partial charge in [-0.15, -0.1) is 0 Å². The van der Waals surface area contributed by atoms with Crippen LogP contribution in [0.15, 0.2) is 4.99 Å². The molecule has 0 saturated carbocycles. The first-order valence-electron chi connectivity index (χ1n) is 7.04. The second-order valence-corrected chi connectivity index (χ2v) is 6.09. The first-order chi connectivity index (χ1) is 9.40. The van der Waals surface area contributed by atoms with E-state index in [1.807, 2.05) is 20.8 Å². The van der Waals surface area contributed by atoms with Crippen molar-refractivity contribution in [3.8, 4) is 0 Å². The number of hydrogen-bond acceptors (Lipinski definition) is 6. The Balaban J connectivity index is 1.87. The van der Waals surface area contributed by atoms with Gasteiger partial charge < -0.3 is 25.0 Å². The SMILES string of the molecule is CC(C)(C)OC(=O)N1CCN2C(NCCO)=NCC2C1. The lowest BCUT2D eigenvalue weighted by Gasteiger charge is -2.39. The van der Waals surface area contributed by atoms with Crippen LogP contribution in [-0.4, -0.2) is 77.9 Å². The highest BCUT2D eigenvalue weighted by atomic mass is 16.6. The zero-order valence-corrected chi connectivity index (χ0v) is 12.4. The molecule has 7 heteroatoms. The maximum atomic E-state index is 12.1. The summed E-state index contributed by atoms with van der Waals surface area (Å²) >= 11 is 0. The van der Waals surface area contributed by atoms with Crippen LogP contribution < -0.4 is 5.32 Å². The Labute approximate surface area is 119 Å². The first kappa shape index (κ1) is 14.9. The fourth-order valence-electron chi connectivity index (χ4n) is 2.39. The van der Waals surface area contributed by atoms with E-state index < -0.39 is 5.60 Å². The van der Waals surface area contributed by atoms with Crippen LogP contribution in [-0.2, 0) is 4.74 Å². The molecule has 2 aliphatic heterocycles. The van der Waals surface area contributed by atoms with Crippen LogP contribution in [0, 0.1) is 0 Å². The van der Waals surface area contributed by atoms with Gasteiger partial charge in [-0.1, -0.05) is 0 Å². The summed E-state index contributed by atoms with van der Waals surface area (Å²) in [5, 5.41) is 11.9. The average Bonchev–Trinajstić information content (AvgIpc) is 2.76. The van der Waals surface area contributed by atoms with Crippen LogP contribution in [0.5, 0.6) is 0 Å². The normalized spacial score (nSPS) is 22.4. The lowest BCUT2D eigenvalue weighted by atomic mass is 10.2. The smallest absolute Gasteiger partial charge is 0.410 e. The van der Waals surface area contributed by atoms with Gasteiger partial charge in [0.25, 0.3) is 0 Å². The second-order valence-electron chi connectivity index (χ2n) is 6.09. The fraction of sp³-hybridized carbons (Fsp3) is 0.846. The monoisotopic (exact) mass is 284 g/mol. The van der Waals surface area contributed by atoms with Gasteiger partial charge in [0.1, 0.15) is 5.60 Å². The summed E-state index contributed by atoms with van der Waals surface area (Å²) < 4.78 is 5.40. The first-order valence-corrected chi connectivity index (χ1v) is 7.04. The third-order valence-electron chi connectivity index (χ3n) is 3.25. The fourth-order valence-corrected chi connectivity index (χ4v) is 2.39. The Hall–Kier alpha value is -1.50. The van der Waals surface area contributed by atoms with Crippen LogP contribution in [0.3, 0.4) is 0 Å². The van der Waals surface area contributed by atoms with E-state index in [2.05, 4.69) is 15.2 Å². The van der Waals surface area contributed by atoms with Gasteiger partial charge >= 0.3 is 6.09 Å². The number of piperazine rings is 1. The largest absolute Gasteiger partial charge is 0.444 e. The molecule has 20 heavy (non-hydrogen) atoms. The number of guanidine groups is 1. The Morgan fingerprint density at radius 1 is 1.50 bits per heavy atom. The molecule has 1 atom stereocenters. The summed E-state index contributed by atoms with van der Waals surface area (Å²) in [6, 6.07) is 0.206. The summed E-state index contributed by atoms with van der Waals surface area (Å²) in [6.45, 7) is 8.87. The van der Waals surface area contributed by atoms with Crippen molar-refractivity contribution in [2.75, 3.05) is 39.3 Å². The van der Waals surface area contributed by atoms with Gasteiger partial charge in [0.2, 0.25) is 0 Å². The Kier molecular flexibility index (Phi) is 4.37. The maximum absolute atomic E-state index is 12.1. The highest BCUT2D eigenvalue weighted by Crippen LogP contribution is 2.18. The molecule has 2 heterocycles. The van der Waals surface area contributed by atoms with E-state index in [1.165, 1.54) is 0 Å². The van der Waals surface area contributed by atoms with E-state index in [4.69, 9.17) is 9.84 Å². The molecule has 1 fully saturated rings. The van der Waals surface area contributed by atoms with Gasteiger partial charge in [0, 0.05) is 26.2 Å². The van der Waals surface area contributed by atoms with E-state index in [1.54, 1.807) is 4.90 Å². The van der Waals surface area contributed by atoms with E-state index in [-0.39, 0.29) is 18.7 Å². The Morgan fingerprint density at radius 2 is 2.25 bits per heavy atom. The number of aliphatic hydroxyl groups is 1. The molecule has 1 unspecified atom stereocenters. The molecular weight excluding hydrogens is 260 g/mol. The summed E-state index contributed by atoms with van der Waals surface area (Å²) in [5.41, 5.74) is -0.464. The number of aliphatic imine (C=N–C) groups is 1. The zero-order valence-electron chi connectivity index (χ0n) is 12.4. The molecule has 2 aliphatic rings. The summed E-state index contributed by atoms with van der Waals surface area (Å²) in [6.07, 6.45) is -0.256. The molecule has 0 radical (unpaired) electrons. The highest BCUT2D eigenvalue weighted by Gasteiger charge is 2.36. The number of rotatable bonds is 2. The van der Waals surface area contributed by atoms with Crippen molar-refractivity contribution in [3.63, 3.8) is 0 Å². The highest BCUT2D eigenvalue weighted by molar-refractivity contribution is 5.82. The van der Waals surface area contributed by atoms with Crippen molar-refractivity contribution in [1.82, 2.24) is 15.1 Å². The lowest BCUT2D eigenvalue weighted by molar-refractivity contribution is 0.0137. The van der Waals surface area contributed by atoms with Gasteiger partial charge in [0.05, 0.1) is 19.2 Å². The number of ether oxygens (including phenoxy) is 1. The molecule has 0 bridgehead atoms. The molecule has 7 nitrogen and oxygen atoms in total. The van der Waals surface area contributed by atoms with Crippen LogP contribution >= 0.6 is 0 Å². The molecule has 114 valence electrons. The number of nitrogens with one attached hydrogen (secondary N) is 1. The minimum atomic E-state index is -0.464. The predicted octanol–water partition coefficient (Wildman–Crippen LogP) is -0.141. The van der Waals surface area contributed by atoms with Crippen LogP contribution in [0.2, 0.25) is 0 Å². The van der Waals surface area contributed by atoms with E-state index in [9.17, 15) is 4.79 Å². The molecule has 2 rings (SSSR count). The number of hydrogen-bond donors (Lipinski definition) is 2. The average molecular weight is 284 g/mol. The van der Waals surface area contributed by atoms with Crippen LogP contribution in [0.4, 0.5) is 4.79 Å². The third kappa shape index (κ3) is 3.53. The number of carbonyl (C=O) groups is 1. The maximum Gasteiger partial charge on any atom is 0.410 e. The Morgan fingerprint density at radius 3 is 2.90 bits per heavy atom. The molecule has 0 spiro atoms. The number of fused-ring (bicyclic) bond motifs is 1. The number of nitrogens with zero attached hydrogens (tertiary/aromatic N) is 3. The lowest BCUT2D eigenvalue weighted by Crippen LogP contribution is -2.57. The van der Waals surface area contributed by atoms with Gasteiger partial charge in [-0.05, 0) is 20.8 Å².